The Hall–Kier alpha value is -2.33. The predicted octanol–water partition coefficient (Wildman–Crippen LogP) is 4.41. The summed E-state index contributed by atoms with van der Waals surface area (Å²) in [6.07, 6.45) is 0.442. The van der Waals surface area contributed by atoms with Crippen LogP contribution in [0.25, 0.3) is 0 Å². The van der Waals surface area contributed by atoms with E-state index in [1.54, 1.807) is 29.2 Å². The number of carboxylic acids is 1. The molecular formula is C19H20ClNO3. The van der Waals surface area contributed by atoms with Gasteiger partial charge in [-0.05, 0) is 43.2 Å². The Kier molecular flexibility index (Phi) is 6.38. The second-order valence-corrected chi connectivity index (χ2v) is 6.03. The van der Waals surface area contributed by atoms with Crippen LogP contribution in [0.2, 0.25) is 5.02 Å². The second kappa shape index (κ2) is 8.50. The Bertz CT molecular complexity index is 686. The molecule has 126 valence electrons. The van der Waals surface area contributed by atoms with Crippen LogP contribution in [0.5, 0.6) is 0 Å². The third-order valence-electron chi connectivity index (χ3n) is 3.89. The molecule has 0 fully saturated rings. The molecule has 1 N–H and O–H groups in total. The molecule has 0 bridgehead atoms. The SMILES string of the molecule is CC(c1ccccc1)N(CCCC(=O)O)C(=O)c1ccc(Cl)cc1. The molecule has 4 nitrogen and oxygen atoms in total. The average Bonchev–Trinajstić information content (AvgIpc) is 2.59. The Labute approximate surface area is 146 Å². The molecule has 0 aliphatic carbocycles. The van der Waals surface area contributed by atoms with E-state index in [4.69, 9.17) is 16.7 Å². The van der Waals surface area contributed by atoms with Crippen molar-refractivity contribution in [3.63, 3.8) is 0 Å². The van der Waals surface area contributed by atoms with Gasteiger partial charge in [0.2, 0.25) is 0 Å². The first-order valence-electron chi connectivity index (χ1n) is 7.82. The zero-order valence-electron chi connectivity index (χ0n) is 13.5. The average molecular weight is 346 g/mol. The first-order valence-corrected chi connectivity index (χ1v) is 8.20. The van der Waals surface area contributed by atoms with E-state index in [-0.39, 0.29) is 18.4 Å². The van der Waals surface area contributed by atoms with Crippen LogP contribution in [0, 0.1) is 0 Å². The van der Waals surface area contributed by atoms with E-state index >= 15 is 0 Å². The van der Waals surface area contributed by atoms with Gasteiger partial charge in [0, 0.05) is 23.6 Å². The molecule has 1 amide bonds. The highest BCUT2D eigenvalue weighted by Crippen LogP contribution is 2.23. The molecule has 5 heteroatoms. The van der Waals surface area contributed by atoms with Crippen molar-refractivity contribution in [1.82, 2.24) is 4.90 Å². The van der Waals surface area contributed by atoms with Crippen molar-refractivity contribution < 1.29 is 14.7 Å². The highest BCUT2D eigenvalue weighted by atomic mass is 35.5. The zero-order valence-corrected chi connectivity index (χ0v) is 14.2. The van der Waals surface area contributed by atoms with E-state index in [1.807, 2.05) is 37.3 Å². The number of aliphatic carboxylic acids is 1. The Morgan fingerprint density at radius 3 is 2.29 bits per heavy atom. The lowest BCUT2D eigenvalue weighted by Gasteiger charge is -2.30. The summed E-state index contributed by atoms with van der Waals surface area (Å²) >= 11 is 5.88. The van der Waals surface area contributed by atoms with E-state index in [2.05, 4.69) is 0 Å². The summed E-state index contributed by atoms with van der Waals surface area (Å²) in [5, 5.41) is 9.42. The summed E-state index contributed by atoms with van der Waals surface area (Å²) in [6.45, 7) is 2.33. The number of nitrogens with zero attached hydrogens (tertiary/aromatic N) is 1. The molecule has 0 aliphatic heterocycles. The molecule has 0 spiro atoms. The van der Waals surface area contributed by atoms with Gasteiger partial charge in [0.05, 0.1) is 6.04 Å². The second-order valence-electron chi connectivity index (χ2n) is 5.59. The maximum atomic E-state index is 12.9. The summed E-state index contributed by atoms with van der Waals surface area (Å²) in [5.74, 6) is -0.991. The smallest absolute Gasteiger partial charge is 0.303 e. The van der Waals surface area contributed by atoms with E-state index in [0.717, 1.165) is 5.56 Å². The highest BCUT2D eigenvalue weighted by Gasteiger charge is 2.22. The summed E-state index contributed by atoms with van der Waals surface area (Å²) in [7, 11) is 0. The third-order valence-corrected chi connectivity index (χ3v) is 4.14. The molecule has 24 heavy (non-hydrogen) atoms. The van der Waals surface area contributed by atoms with Crippen molar-refractivity contribution in [1.29, 1.82) is 0 Å². The van der Waals surface area contributed by atoms with Crippen molar-refractivity contribution >= 4 is 23.5 Å². The van der Waals surface area contributed by atoms with Crippen molar-refractivity contribution in [2.45, 2.75) is 25.8 Å². The quantitative estimate of drug-likeness (QED) is 0.808. The molecule has 2 rings (SSSR count). The summed E-state index contributed by atoms with van der Waals surface area (Å²) in [5.41, 5.74) is 1.55. The fraction of sp³-hybridized carbons (Fsp3) is 0.263. The van der Waals surface area contributed by atoms with Crippen molar-refractivity contribution in [2.75, 3.05) is 6.54 Å². The number of rotatable bonds is 7. The Balaban J connectivity index is 2.22. The lowest BCUT2D eigenvalue weighted by atomic mass is 10.0. The lowest BCUT2D eigenvalue weighted by Crippen LogP contribution is -2.34. The molecule has 0 saturated carbocycles. The normalized spacial score (nSPS) is 11.8. The summed E-state index contributed by atoms with van der Waals surface area (Å²) in [4.78, 5) is 25.4. The number of carbonyl (C=O) groups is 2. The molecule has 0 radical (unpaired) electrons. The minimum Gasteiger partial charge on any atom is -0.481 e. The highest BCUT2D eigenvalue weighted by molar-refractivity contribution is 6.30. The van der Waals surface area contributed by atoms with Gasteiger partial charge in [-0.25, -0.2) is 0 Å². The van der Waals surface area contributed by atoms with Gasteiger partial charge in [0.25, 0.3) is 5.91 Å². The number of benzene rings is 2. The third kappa shape index (κ3) is 4.83. The largest absolute Gasteiger partial charge is 0.481 e. The van der Waals surface area contributed by atoms with Crippen LogP contribution in [0.4, 0.5) is 0 Å². The van der Waals surface area contributed by atoms with Gasteiger partial charge in [-0.15, -0.1) is 0 Å². The summed E-state index contributed by atoms with van der Waals surface area (Å²) < 4.78 is 0. The molecule has 2 aromatic rings. The Morgan fingerprint density at radius 1 is 1.08 bits per heavy atom. The van der Waals surface area contributed by atoms with Crippen LogP contribution in [0.3, 0.4) is 0 Å². The molecule has 1 atom stereocenters. The van der Waals surface area contributed by atoms with E-state index in [9.17, 15) is 9.59 Å². The van der Waals surface area contributed by atoms with Gasteiger partial charge in [-0.1, -0.05) is 41.9 Å². The Morgan fingerprint density at radius 2 is 1.71 bits per heavy atom. The lowest BCUT2D eigenvalue weighted by molar-refractivity contribution is -0.137. The van der Waals surface area contributed by atoms with Crippen LogP contribution in [-0.4, -0.2) is 28.4 Å². The van der Waals surface area contributed by atoms with Crippen LogP contribution in [0.15, 0.2) is 54.6 Å². The van der Waals surface area contributed by atoms with E-state index < -0.39 is 5.97 Å². The number of hydrogen-bond donors (Lipinski definition) is 1. The molecule has 0 saturated heterocycles. The standard InChI is InChI=1S/C19H20ClNO3/c1-14(15-6-3-2-4-7-15)21(13-5-8-18(22)23)19(24)16-9-11-17(20)12-10-16/h2-4,6-7,9-12,14H,5,8,13H2,1H3,(H,22,23). The fourth-order valence-corrected chi connectivity index (χ4v) is 2.67. The maximum Gasteiger partial charge on any atom is 0.303 e. The summed E-state index contributed by atoms with van der Waals surface area (Å²) in [6, 6.07) is 16.3. The van der Waals surface area contributed by atoms with Crippen molar-refractivity contribution in [3.8, 4) is 0 Å². The van der Waals surface area contributed by atoms with Crippen LogP contribution in [-0.2, 0) is 4.79 Å². The first kappa shape index (κ1) is 18.0. The van der Waals surface area contributed by atoms with Gasteiger partial charge in [0.1, 0.15) is 0 Å². The van der Waals surface area contributed by atoms with Crippen LogP contribution in [0.1, 0.15) is 41.7 Å². The molecule has 0 aromatic heterocycles. The minimum atomic E-state index is -0.860. The van der Waals surface area contributed by atoms with Gasteiger partial charge in [-0.3, -0.25) is 9.59 Å². The number of carboxylic acid groups (broad SMARTS) is 1. The van der Waals surface area contributed by atoms with E-state index in [1.165, 1.54) is 0 Å². The monoisotopic (exact) mass is 345 g/mol. The molecule has 1 unspecified atom stereocenters. The van der Waals surface area contributed by atoms with Crippen LogP contribution >= 0.6 is 11.6 Å². The zero-order chi connectivity index (χ0) is 17.5. The number of halogens is 1. The van der Waals surface area contributed by atoms with Crippen molar-refractivity contribution in [3.05, 3.63) is 70.7 Å². The molecule has 0 heterocycles. The van der Waals surface area contributed by atoms with Crippen LogP contribution < -0.4 is 0 Å². The topological polar surface area (TPSA) is 57.6 Å². The fourth-order valence-electron chi connectivity index (χ4n) is 2.54. The van der Waals surface area contributed by atoms with E-state index in [0.29, 0.717) is 23.6 Å². The molecule has 2 aromatic carbocycles. The van der Waals surface area contributed by atoms with Crippen molar-refractivity contribution in [2.24, 2.45) is 0 Å². The van der Waals surface area contributed by atoms with Gasteiger partial charge < -0.3 is 10.0 Å². The molecular weight excluding hydrogens is 326 g/mol. The first-order chi connectivity index (χ1) is 11.5. The van der Waals surface area contributed by atoms with Gasteiger partial charge in [-0.2, -0.15) is 0 Å². The number of hydrogen-bond acceptors (Lipinski definition) is 2. The minimum absolute atomic E-state index is 0.0336. The molecule has 0 aliphatic rings. The number of carbonyl (C=O) groups excluding carboxylic acids is 1. The number of amides is 1. The predicted molar refractivity (Wildman–Crippen MR) is 94.2 cm³/mol. The van der Waals surface area contributed by atoms with Gasteiger partial charge >= 0.3 is 5.97 Å². The van der Waals surface area contributed by atoms with Gasteiger partial charge in [0.15, 0.2) is 0 Å². The maximum absolute atomic E-state index is 12.9.